The van der Waals surface area contributed by atoms with Crippen molar-refractivity contribution in [3.8, 4) is 11.3 Å². The van der Waals surface area contributed by atoms with Gasteiger partial charge in [0.1, 0.15) is 0 Å². The summed E-state index contributed by atoms with van der Waals surface area (Å²) in [5.74, 6) is 0. The standard InChI is InChI=1S/C16H15ClN2/c1-2-19-15-8-7-12(18)9-11(15)10-16(19)13-5-3-4-6-14(13)17/h3-10H,2,18H2,1H3. The van der Waals surface area contributed by atoms with Crippen LogP contribution in [0.15, 0.2) is 48.5 Å². The monoisotopic (exact) mass is 270 g/mol. The Kier molecular flexibility index (Phi) is 2.96. The minimum atomic E-state index is 0.771. The Morgan fingerprint density at radius 1 is 1.11 bits per heavy atom. The summed E-state index contributed by atoms with van der Waals surface area (Å²) >= 11 is 6.31. The molecule has 0 atom stereocenters. The zero-order valence-corrected chi connectivity index (χ0v) is 11.5. The first kappa shape index (κ1) is 12.1. The molecule has 19 heavy (non-hydrogen) atoms. The predicted octanol–water partition coefficient (Wildman–Crippen LogP) is 4.56. The first-order valence-corrected chi connectivity index (χ1v) is 6.72. The van der Waals surface area contributed by atoms with Crippen molar-refractivity contribution in [3.05, 3.63) is 53.6 Å². The Labute approximate surface area is 117 Å². The molecule has 0 saturated carbocycles. The Morgan fingerprint density at radius 2 is 1.89 bits per heavy atom. The van der Waals surface area contributed by atoms with E-state index in [4.69, 9.17) is 17.3 Å². The fourth-order valence-electron chi connectivity index (χ4n) is 2.52. The summed E-state index contributed by atoms with van der Waals surface area (Å²) in [6.45, 7) is 3.03. The van der Waals surface area contributed by atoms with E-state index in [1.165, 1.54) is 5.52 Å². The number of nitrogens with zero attached hydrogens (tertiary/aromatic N) is 1. The number of hydrogen-bond acceptors (Lipinski definition) is 1. The molecule has 3 aromatic rings. The Hall–Kier alpha value is -1.93. The third kappa shape index (κ3) is 1.98. The van der Waals surface area contributed by atoms with Gasteiger partial charge in [0.15, 0.2) is 0 Å². The molecule has 0 fully saturated rings. The lowest BCUT2D eigenvalue weighted by Crippen LogP contribution is -1.96. The van der Waals surface area contributed by atoms with E-state index < -0.39 is 0 Å². The number of rotatable bonds is 2. The second kappa shape index (κ2) is 4.63. The van der Waals surface area contributed by atoms with Gasteiger partial charge in [-0.3, -0.25) is 0 Å². The SMILES string of the molecule is CCn1c(-c2ccccc2Cl)cc2cc(N)ccc21. The van der Waals surface area contributed by atoms with Crippen molar-refractivity contribution in [3.63, 3.8) is 0 Å². The number of nitrogen functional groups attached to an aromatic ring is 1. The molecule has 0 aliphatic carbocycles. The largest absolute Gasteiger partial charge is 0.399 e. The molecule has 3 heteroatoms. The lowest BCUT2D eigenvalue weighted by molar-refractivity contribution is 0.805. The minimum Gasteiger partial charge on any atom is -0.399 e. The maximum Gasteiger partial charge on any atom is 0.0506 e. The van der Waals surface area contributed by atoms with E-state index in [-0.39, 0.29) is 0 Å². The molecule has 1 aromatic heterocycles. The van der Waals surface area contributed by atoms with Gasteiger partial charge in [-0.05, 0) is 37.3 Å². The molecule has 1 heterocycles. The van der Waals surface area contributed by atoms with Gasteiger partial charge in [-0.2, -0.15) is 0 Å². The summed E-state index contributed by atoms with van der Waals surface area (Å²) in [6.07, 6.45) is 0. The van der Waals surface area contributed by atoms with Crippen LogP contribution in [0.4, 0.5) is 5.69 Å². The van der Waals surface area contributed by atoms with Crippen LogP contribution in [0.5, 0.6) is 0 Å². The van der Waals surface area contributed by atoms with Crippen molar-refractivity contribution in [2.45, 2.75) is 13.5 Å². The Bertz CT molecular complexity index is 744. The van der Waals surface area contributed by atoms with Crippen molar-refractivity contribution in [2.75, 3.05) is 5.73 Å². The average Bonchev–Trinajstić information content (AvgIpc) is 2.76. The van der Waals surface area contributed by atoms with E-state index in [0.717, 1.165) is 33.9 Å². The van der Waals surface area contributed by atoms with Crippen molar-refractivity contribution in [1.82, 2.24) is 4.57 Å². The lowest BCUT2D eigenvalue weighted by Gasteiger charge is -2.09. The molecular weight excluding hydrogens is 256 g/mol. The lowest BCUT2D eigenvalue weighted by atomic mass is 10.1. The van der Waals surface area contributed by atoms with Crippen LogP contribution in [0.25, 0.3) is 22.2 Å². The number of anilines is 1. The minimum absolute atomic E-state index is 0.771. The van der Waals surface area contributed by atoms with Gasteiger partial charge in [0, 0.05) is 33.7 Å². The van der Waals surface area contributed by atoms with Crippen molar-refractivity contribution in [2.24, 2.45) is 0 Å². The van der Waals surface area contributed by atoms with Gasteiger partial charge in [-0.1, -0.05) is 29.8 Å². The highest BCUT2D eigenvalue weighted by Gasteiger charge is 2.11. The van der Waals surface area contributed by atoms with Gasteiger partial charge in [-0.15, -0.1) is 0 Å². The van der Waals surface area contributed by atoms with Crippen LogP contribution in [0.1, 0.15) is 6.92 Å². The van der Waals surface area contributed by atoms with Crippen LogP contribution in [0.3, 0.4) is 0 Å². The van der Waals surface area contributed by atoms with Crippen LogP contribution < -0.4 is 5.73 Å². The summed E-state index contributed by atoms with van der Waals surface area (Å²) < 4.78 is 2.26. The first-order chi connectivity index (χ1) is 9.20. The number of halogens is 1. The van der Waals surface area contributed by atoms with Crippen LogP contribution in [-0.2, 0) is 6.54 Å². The molecule has 3 rings (SSSR count). The zero-order chi connectivity index (χ0) is 13.4. The summed E-state index contributed by atoms with van der Waals surface area (Å²) in [6, 6.07) is 16.1. The van der Waals surface area contributed by atoms with Crippen molar-refractivity contribution >= 4 is 28.2 Å². The van der Waals surface area contributed by atoms with Crippen LogP contribution >= 0.6 is 11.6 Å². The molecule has 0 aliphatic heterocycles. The summed E-state index contributed by atoms with van der Waals surface area (Å²) in [5.41, 5.74) is 10.0. The molecule has 2 N–H and O–H groups in total. The summed E-state index contributed by atoms with van der Waals surface area (Å²) in [4.78, 5) is 0. The molecule has 2 nitrogen and oxygen atoms in total. The maximum atomic E-state index is 6.31. The van der Waals surface area contributed by atoms with Crippen LogP contribution in [0, 0.1) is 0 Å². The molecule has 0 spiro atoms. The van der Waals surface area contributed by atoms with Gasteiger partial charge in [0.25, 0.3) is 0 Å². The molecular formula is C16H15ClN2. The van der Waals surface area contributed by atoms with E-state index in [2.05, 4.69) is 23.6 Å². The molecule has 0 bridgehead atoms. The van der Waals surface area contributed by atoms with Gasteiger partial charge >= 0.3 is 0 Å². The van der Waals surface area contributed by atoms with E-state index in [0.29, 0.717) is 0 Å². The summed E-state index contributed by atoms with van der Waals surface area (Å²) in [5, 5.41) is 1.92. The van der Waals surface area contributed by atoms with E-state index in [9.17, 15) is 0 Å². The molecule has 0 unspecified atom stereocenters. The third-order valence-corrected chi connectivity index (χ3v) is 3.72. The quantitative estimate of drug-likeness (QED) is 0.680. The van der Waals surface area contributed by atoms with Gasteiger partial charge in [-0.25, -0.2) is 0 Å². The van der Waals surface area contributed by atoms with E-state index in [1.54, 1.807) is 0 Å². The topological polar surface area (TPSA) is 30.9 Å². The Balaban J connectivity index is 2.32. The second-order valence-corrected chi connectivity index (χ2v) is 4.98. The predicted molar refractivity (Wildman–Crippen MR) is 82.5 cm³/mol. The first-order valence-electron chi connectivity index (χ1n) is 6.34. The molecule has 0 radical (unpaired) electrons. The van der Waals surface area contributed by atoms with E-state index in [1.807, 2.05) is 36.4 Å². The Morgan fingerprint density at radius 3 is 2.63 bits per heavy atom. The second-order valence-electron chi connectivity index (χ2n) is 4.57. The highest BCUT2D eigenvalue weighted by Crippen LogP contribution is 2.33. The van der Waals surface area contributed by atoms with Gasteiger partial charge in [0.2, 0.25) is 0 Å². The average molecular weight is 271 g/mol. The van der Waals surface area contributed by atoms with Crippen LogP contribution in [-0.4, -0.2) is 4.57 Å². The van der Waals surface area contributed by atoms with Crippen molar-refractivity contribution in [1.29, 1.82) is 0 Å². The number of nitrogens with two attached hydrogens (primary N) is 1. The normalized spacial score (nSPS) is 11.1. The molecule has 2 aromatic carbocycles. The maximum absolute atomic E-state index is 6.31. The number of fused-ring (bicyclic) bond motifs is 1. The van der Waals surface area contributed by atoms with Gasteiger partial charge < -0.3 is 10.3 Å². The van der Waals surface area contributed by atoms with Crippen LogP contribution in [0.2, 0.25) is 5.02 Å². The highest BCUT2D eigenvalue weighted by atomic mass is 35.5. The molecule has 0 aliphatic rings. The summed E-state index contributed by atoms with van der Waals surface area (Å²) in [7, 11) is 0. The molecule has 0 amide bonds. The highest BCUT2D eigenvalue weighted by molar-refractivity contribution is 6.33. The fourth-order valence-corrected chi connectivity index (χ4v) is 2.75. The number of aryl methyl sites for hydroxylation is 1. The van der Waals surface area contributed by atoms with Crippen molar-refractivity contribution < 1.29 is 0 Å². The molecule has 0 saturated heterocycles. The number of aromatic nitrogens is 1. The smallest absolute Gasteiger partial charge is 0.0506 e. The zero-order valence-electron chi connectivity index (χ0n) is 10.7. The molecule has 96 valence electrons. The van der Waals surface area contributed by atoms with Gasteiger partial charge in [0.05, 0.1) is 5.69 Å². The number of benzene rings is 2. The van der Waals surface area contributed by atoms with E-state index >= 15 is 0 Å². The third-order valence-electron chi connectivity index (χ3n) is 3.39. The fraction of sp³-hybridized carbons (Fsp3) is 0.125. The number of hydrogen-bond donors (Lipinski definition) is 1.